The Hall–Kier alpha value is -1.60. The van der Waals surface area contributed by atoms with Gasteiger partial charge in [0.15, 0.2) is 4.75 Å². The largest absolute Gasteiger partial charge is 0.389 e. The molecule has 0 spiro atoms. The van der Waals surface area contributed by atoms with Crippen LogP contribution < -0.4 is 10.4 Å². The Morgan fingerprint density at radius 3 is 2.18 bits per heavy atom. The molecule has 0 aromatic heterocycles. The number of hydrogen-bond acceptors (Lipinski definition) is 6. The van der Waals surface area contributed by atoms with Crippen molar-refractivity contribution in [1.29, 1.82) is 0 Å². The maximum Gasteiger partial charge on any atom is 0.389 e. The molecule has 188 valence electrons. The van der Waals surface area contributed by atoms with Crippen LogP contribution in [0.3, 0.4) is 0 Å². The fourth-order valence-corrected chi connectivity index (χ4v) is 6.31. The Morgan fingerprint density at radius 1 is 1.09 bits per heavy atom. The molecule has 2 fully saturated rings. The average Bonchev–Trinajstić information content (AvgIpc) is 2.78. The number of halogens is 4. The van der Waals surface area contributed by atoms with E-state index in [1.165, 1.54) is 9.79 Å². The standard InChI is InChI=1S/C20H28F3N3O5S.ClH/c21-20(22,23)7-1-2-16-3-5-17(6-4-16)25-10-12-26(13-11-25)32(29,30)19(18(27)24-28)8-14-31-15-9-19;/h3-6,28H,1-2,7-15H2,(H,24,27);1H. The predicted molar refractivity (Wildman–Crippen MR) is 118 cm³/mol. The number of anilines is 1. The summed E-state index contributed by atoms with van der Waals surface area (Å²) in [6, 6.07) is 7.23. The zero-order valence-corrected chi connectivity index (χ0v) is 19.6. The van der Waals surface area contributed by atoms with Gasteiger partial charge in [0.1, 0.15) is 0 Å². The lowest BCUT2D eigenvalue weighted by atomic mass is 9.98. The van der Waals surface area contributed by atoms with Gasteiger partial charge in [-0.1, -0.05) is 12.1 Å². The maximum absolute atomic E-state index is 13.3. The summed E-state index contributed by atoms with van der Waals surface area (Å²) in [5.74, 6) is -0.940. The van der Waals surface area contributed by atoms with Crippen LogP contribution in [0.25, 0.3) is 0 Å². The lowest BCUT2D eigenvalue weighted by Crippen LogP contribution is -2.62. The van der Waals surface area contributed by atoms with Gasteiger partial charge in [-0.15, -0.1) is 12.4 Å². The fourth-order valence-electron chi connectivity index (χ4n) is 4.21. The molecule has 0 saturated carbocycles. The molecule has 2 heterocycles. The van der Waals surface area contributed by atoms with E-state index >= 15 is 0 Å². The number of benzene rings is 1. The molecule has 2 saturated heterocycles. The topological polar surface area (TPSA) is 99.2 Å². The van der Waals surface area contributed by atoms with Gasteiger partial charge >= 0.3 is 6.18 Å². The Kier molecular flexibility index (Phi) is 9.40. The third kappa shape index (κ3) is 6.30. The van der Waals surface area contributed by atoms with E-state index in [1.54, 1.807) is 12.1 Å². The lowest BCUT2D eigenvalue weighted by Gasteiger charge is -2.42. The number of nitrogens with one attached hydrogen (secondary N) is 1. The second-order valence-electron chi connectivity index (χ2n) is 8.07. The molecule has 0 aliphatic carbocycles. The molecule has 2 aliphatic rings. The third-order valence-corrected chi connectivity index (χ3v) is 8.74. The van der Waals surface area contributed by atoms with Crippen molar-refractivity contribution in [1.82, 2.24) is 9.79 Å². The fraction of sp³-hybridized carbons (Fsp3) is 0.650. The SMILES string of the molecule is Cl.O=C(NO)C1(S(=O)(=O)N2CCN(c3ccc(CCCC(F)(F)F)cc3)CC2)CCOCC1. The first-order valence-corrected chi connectivity index (χ1v) is 12.0. The van der Waals surface area contributed by atoms with Gasteiger partial charge < -0.3 is 9.64 Å². The van der Waals surface area contributed by atoms with Crippen molar-refractivity contribution >= 4 is 34.0 Å². The van der Waals surface area contributed by atoms with Crippen molar-refractivity contribution in [2.45, 2.75) is 43.0 Å². The van der Waals surface area contributed by atoms with Gasteiger partial charge in [0, 0.05) is 64.3 Å². The van der Waals surface area contributed by atoms with Crippen LogP contribution in [-0.4, -0.2) is 74.2 Å². The molecule has 3 rings (SSSR count). The van der Waals surface area contributed by atoms with E-state index in [9.17, 15) is 26.4 Å². The number of sulfonamides is 1. The number of rotatable bonds is 7. The molecule has 33 heavy (non-hydrogen) atoms. The highest BCUT2D eigenvalue weighted by Gasteiger charge is 2.54. The summed E-state index contributed by atoms with van der Waals surface area (Å²) in [5.41, 5.74) is 3.18. The first-order valence-electron chi connectivity index (χ1n) is 10.5. The van der Waals surface area contributed by atoms with Crippen LogP contribution in [-0.2, 0) is 26.0 Å². The molecule has 0 unspecified atom stereocenters. The zero-order chi connectivity index (χ0) is 23.4. The van der Waals surface area contributed by atoms with Gasteiger partial charge in [-0.3, -0.25) is 10.0 Å². The Labute approximate surface area is 197 Å². The van der Waals surface area contributed by atoms with Crippen molar-refractivity contribution < 1.29 is 36.3 Å². The zero-order valence-electron chi connectivity index (χ0n) is 18.0. The van der Waals surface area contributed by atoms with E-state index in [4.69, 9.17) is 9.94 Å². The number of hydroxylamine groups is 1. The number of carbonyl (C=O) groups is 1. The van der Waals surface area contributed by atoms with Gasteiger partial charge in [-0.05, 0) is 30.5 Å². The highest BCUT2D eigenvalue weighted by molar-refractivity contribution is 7.91. The van der Waals surface area contributed by atoms with E-state index in [0.717, 1.165) is 11.3 Å². The molecular formula is C20H29ClF3N3O5S. The number of ether oxygens (including phenoxy) is 1. The van der Waals surface area contributed by atoms with Crippen LogP contribution in [0.2, 0.25) is 0 Å². The minimum absolute atomic E-state index is 0. The average molecular weight is 516 g/mol. The Morgan fingerprint density at radius 2 is 1.67 bits per heavy atom. The van der Waals surface area contributed by atoms with Crippen LogP contribution in [0.5, 0.6) is 0 Å². The van der Waals surface area contributed by atoms with E-state index in [2.05, 4.69) is 0 Å². The van der Waals surface area contributed by atoms with E-state index in [-0.39, 0.29) is 58.0 Å². The number of carbonyl (C=O) groups excluding carboxylic acids is 1. The summed E-state index contributed by atoms with van der Waals surface area (Å²) in [7, 11) is -4.03. The van der Waals surface area contributed by atoms with Crippen molar-refractivity contribution in [3.8, 4) is 0 Å². The minimum Gasteiger partial charge on any atom is -0.381 e. The molecule has 2 aliphatic heterocycles. The summed E-state index contributed by atoms with van der Waals surface area (Å²) in [5, 5.41) is 9.13. The van der Waals surface area contributed by atoms with Gasteiger partial charge in [-0.2, -0.15) is 17.5 Å². The maximum atomic E-state index is 13.3. The Bertz CT molecular complexity index is 885. The van der Waals surface area contributed by atoms with Gasteiger partial charge in [0.25, 0.3) is 5.91 Å². The molecule has 2 N–H and O–H groups in total. The second kappa shape index (κ2) is 11.2. The summed E-state index contributed by atoms with van der Waals surface area (Å²) in [4.78, 5) is 14.3. The van der Waals surface area contributed by atoms with Crippen LogP contribution in [0.1, 0.15) is 31.2 Å². The van der Waals surface area contributed by atoms with Crippen LogP contribution >= 0.6 is 12.4 Å². The number of piperazine rings is 1. The minimum atomic E-state index is -4.15. The summed E-state index contributed by atoms with van der Waals surface area (Å²) >= 11 is 0. The van der Waals surface area contributed by atoms with Gasteiger partial charge in [-0.25, -0.2) is 13.9 Å². The Balaban J connectivity index is 0.00000385. The molecule has 8 nitrogen and oxygen atoms in total. The molecule has 0 atom stereocenters. The number of alkyl halides is 3. The quantitative estimate of drug-likeness (QED) is 0.427. The summed E-state index contributed by atoms with van der Waals surface area (Å²) < 4.78 is 68.3. The van der Waals surface area contributed by atoms with Crippen molar-refractivity contribution in [3.05, 3.63) is 29.8 Å². The van der Waals surface area contributed by atoms with E-state index < -0.39 is 33.3 Å². The normalized spacial score (nSPS) is 19.6. The molecular weight excluding hydrogens is 487 g/mol. The first-order chi connectivity index (χ1) is 15.1. The number of hydrogen-bond donors (Lipinski definition) is 2. The van der Waals surface area contributed by atoms with Crippen molar-refractivity contribution in [3.63, 3.8) is 0 Å². The van der Waals surface area contributed by atoms with Crippen LogP contribution in [0, 0.1) is 0 Å². The molecule has 1 aromatic carbocycles. The smallest absolute Gasteiger partial charge is 0.381 e. The van der Waals surface area contributed by atoms with Gasteiger partial charge in [0.2, 0.25) is 10.0 Å². The van der Waals surface area contributed by atoms with E-state index in [1.807, 2.05) is 17.0 Å². The summed E-state index contributed by atoms with van der Waals surface area (Å²) in [6.07, 6.45) is -4.65. The highest BCUT2D eigenvalue weighted by atomic mass is 35.5. The van der Waals surface area contributed by atoms with Gasteiger partial charge in [0.05, 0.1) is 0 Å². The van der Waals surface area contributed by atoms with Crippen molar-refractivity contribution in [2.24, 2.45) is 0 Å². The third-order valence-electron chi connectivity index (χ3n) is 6.12. The first kappa shape index (κ1) is 27.6. The number of amides is 1. The van der Waals surface area contributed by atoms with E-state index in [0.29, 0.717) is 19.5 Å². The monoisotopic (exact) mass is 515 g/mol. The second-order valence-corrected chi connectivity index (χ2v) is 10.3. The lowest BCUT2D eigenvalue weighted by molar-refractivity contribution is -0.135. The molecule has 13 heteroatoms. The predicted octanol–water partition coefficient (Wildman–Crippen LogP) is 2.50. The molecule has 1 amide bonds. The summed E-state index contributed by atoms with van der Waals surface area (Å²) in [6.45, 7) is 1.39. The van der Waals surface area contributed by atoms with Crippen LogP contribution in [0.15, 0.2) is 24.3 Å². The number of nitrogens with zero attached hydrogens (tertiary/aromatic N) is 2. The molecule has 0 bridgehead atoms. The number of aryl methyl sites for hydroxylation is 1. The highest BCUT2D eigenvalue weighted by Crippen LogP contribution is 2.34. The van der Waals surface area contributed by atoms with Crippen LogP contribution in [0.4, 0.5) is 18.9 Å². The van der Waals surface area contributed by atoms with Crippen molar-refractivity contribution in [2.75, 3.05) is 44.3 Å². The molecule has 1 aromatic rings. The molecule has 0 radical (unpaired) electrons.